The number of carbonyl (C=O) groups excluding carboxylic acids is 1. The average Bonchev–Trinajstić information content (AvgIpc) is 2.90. The highest BCUT2D eigenvalue weighted by molar-refractivity contribution is 7.15. The Morgan fingerprint density at radius 3 is 2.55 bits per heavy atom. The molecule has 106 valence electrons. The lowest BCUT2D eigenvalue weighted by Gasteiger charge is -2.36. The molecule has 7 nitrogen and oxygen atoms in total. The van der Waals surface area contributed by atoms with Crippen LogP contribution < -0.4 is 0 Å². The maximum absolute atomic E-state index is 11.3. The molecule has 0 bridgehead atoms. The first-order chi connectivity index (χ1) is 9.52. The van der Waals surface area contributed by atoms with Crippen LogP contribution in [0.3, 0.4) is 0 Å². The molecule has 1 aromatic rings. The molecule has 2 heterocycles. The van der Waals surface area contributed by atoms with E-state index >= 15 is 0 Å². The van der Waals surface area contributed by atoms with Gasteiger partial charge in [-0.1, -0.05) is 11.3 Å². The van der Waals surface area contributed by atoms with Crippen molar-refractivity contribution in [3.8, 4) is 6.07 Å². The lowest BCUT2D eigenvalue weighted by Crippen LogP contribution is -2.48. The highest BCUT2D eigenvalue weighted by atomic mass is 32.1. The van der Waals surface area contributed by atoms with Gasteiger partial charge in [0, 0.05) is 44.0 Å². The summed E-state index contributed by atoms with van der Waals surface area (Å²) in [5, 5.41) is 20.1. The van der Waals surface area contributed by atoms with E-state index in [1.165, 1.54) is 13.0 Å². The van der Waals surface area contributed by atoms with E-state index in [1.807, 2.05) is 4.90 Å². The first kappa shape index (κ1) is 14.4. The quantitative estimate of drug-likeness (QED) is 0.620. The maximum Gasteiger partial charge on any atom is 0.324 e. The number of nitriles is 1. The van der Waals surface area contributed by atoms with E-state index in [0.29, 0.717) is 31.1 Å². The fourth-order valence-corrected chi connectivity index (χ4v) is 3.11. The average molecular weight is 294 g/mol. The second-order valence-electron chi connectivity index (χ2n) is 4.51. The van der Waals surface area contributed by atoms with Gasteiger partial charge >= 0.3 is 5.00 Å². The van der Waals surface area contributed by atoms with Crippen molar-refractivity contribution in [3.63, 3.8) is 0 Å². The van der Waals surface area contributed by atoms with Crippen LogP contribution in [-0.2, 0) is 4.79 Å². The second kappa shape index (κ2) is 5.98. The number of thiophene rings is 1. The van der Waals surface area contributed by atoms with Crippen molar-refractivity contribution >= 4 is 22.2 Å². The Bertz CT molecular complexity index is 557. The number of nitrogens with zero attached hydrogens (tertiary/aromatic N) is 4. The summed E-state index contributed by atoms with van der Waals surface area (Å²) in [7, 11) is 0. The predicted molar refractivity (Wildman–Crippen MR) is 73.2 cm³/mol. The van der Waals surface area contributed by atoms with E-state index in [-0.39, 0.29) is 10.9 Å². The summed E-state index contributed by atoms with van der Waals surface area (Å²) in [6, 6.07) is 4.77. The number of rotatable bonds is 3. The predicted octanol–water partition coefficient (Wildman–Crippen LogP) is 1.39. The number of carbonyl (C=O) groups is 1. The van der Waals surface area contributed by atoms with E-state index in [9.17, 15) is 20.2 Å². The second-order valence-corrected chi connectivity index (χ2v) is 5.60. The first-order valence-electron chi connectivity index (χ1n) is 6.16. The van der Waals surface area contributed by atoms with Gasteiger partial charge in [-0.3, -0.25) is 19.8 Å². The van der Waals surface area contributed by atoms with Crippen LogP contribution in [0, 0.1) is 21.4 Å². The summed E-state index contributed by atoms with van der Waals surface area (Å²) in [5.41, 5.74) is 0. The molecule has 1 aliphatic heterocycles. The zero-order valence-corrected chi connectivity index (χ0v) is 11.8. The van der Waals surface area contributed by atoms with Gasteiger partial charge in [0.2, 0.25) is 5.91 Å². The minimum atomic E-state index is -0.484. The van der Waals surface area contributed by atoms with Crippen LogP contribution in [0.15, 0.2) is 12.1 Å². The molecule has 2 rings (SSSR count). The number of hydrogen-bond donors (Lipinski definition) is 0. The Balaban J connectivity index is 2.08. The topological polar surface area (TPSA) is 90.5 Å². The number of hydrogen-bond acceptors (Lipinski definition) is 6. The van der Waals surface area contributed by atoms with Gasteiger partial charge in [0.05, 0.1) is 11.0 Å². The van der Waals surface area contributed by atoms with Crippen molar-refractivity contribution in [2.45, 2.75) is 13.0 Å². The van der Waals surface area contributed by atoms with Crippen molar-refractivity contribution in [1.82, 2.24) is 9.80 Å². The summed E-state index contributed by atoms with van der Waals surface area (Å²) >= 11 is 1.03. The molecule has 0 radical (unpaired) electrons. The van der Waals surface area contributed by atoms with Crippen LogP contribution >= 0.6 is 11.3 Å². The van der Waals surface area contributed by atoms with E-state index in [0.717, 1.165) is 11.3 Å². The third-order valence-corrected chi connectivity index (χ3v) is 4.40. The molecule has 1 aromatic heterocycles. The minimum absolute atomic E-state index is 0.0323. The largest absolute Gasteiger partial charge is 0.340 e. The Kier molecular flexibility index (Phi) is 4.32. The van der Waals surface area contributed by atoms with Crippen LogP contribution in [0.1, 0.15) is 17.8 Å². The first-order valence-corrected chi connectivity index (χ1v) is 6.98. The van der Waals surface area contributed by atoms with Crippen LogP contribution in [0.5, 0.6) is 0 Å². The van der Waals surface area contributed by atoms with Crippen molar-refractivity contribution in [1.29, 1.82) is 5.26 Å². The molecule has 1 saturated heterocycles. The van der Waals surface area contributed by atoms with E-state index in [4.69, 9.17) is 0 Å². The summed E-state index contributed by atoms with van der Waals surface area (Å²) in [4.78, 5) is 25.9. The molecule has 1 unspecified atom stereocenters. The van der Waals surface area contributed by atoms with E-state index < -0.39 is 11.0 Å². The monoisotopic (exact) mass is 294 g/mol. The third kappa shape index (κ3) is 2.95. The number of amides is 1. The fourth-order valence-electron chi connectivity index (χ4n) is 2.21. The molecule has 1 aliphatic rings. The normalized spacial score (nSPS) is 17.5. The third-order valence-electron chi connectivity index (χ3n) is 3.31. The van der Waals surface area contributed by atoms with E-state index in [2.05, 4.69) is 6.07 Å². The summed E-state index contributed by atoms with van der Waals surface area (Å²) in [5.74, 6) is 0.0323. The molecule has 20 heavy (non-hydrogen) atoms. The summed E-state index contributed by atoms with van der Waals surface area (Å²) < 4.78 is 0. The highest BCUT2D eigenvalue weighted by Crippen LogP contribution is 2.32. The maximum atomic E-state index is 11.3. The molecular weight excluding hydrogens is 280 g/mol. The zero-order valence-electron chi connectivity index (χ0n) is 11.0. The van der Waals surface area contributed by atoms with Gasteiger partial charge in [-0.25, -0.2) is 0 Å². The lowest BCUT2D eigenvalue weighted by atomic mass is 10.2. The van der Waals surface area contributed by atoms with Gasteiger partial charge in [0.25, 0.3) is 0 Å². The summed E-state index contributed by atoms with van der Waals surface area (Å²) in [6.45, 7) is 3.90. The molecule has 0 aliphatic carbocycles. The number of nitro groups is 1. The Morgan fingerprint density at radius 2 is 2.10 bits per heavy atom. The Hall–Kier alpha value is -1.98. The van der Waals surface area contributed by atoms with Gasteiger partial charge in [-0.2, -0.15) is 5.26 Å². The molecule has 0 spiro atoms. The van der Waals surface area contributed by atoms with Crippen LogP contribution in [-0.4, -0.2) is 46.8 Å². The van der Waals surface area contributed by atoms with Crippen molar-refractivity contribution < 1.29 is 9.72 Å². The van der Waals surface area contributed by atoms with Crippen molar-refractivity contribution in [3.05, 3.63) is 27.1 Å². The molecule has 0 saturated carbocycles. The summed E-state index contributed by atoms with van der Waals surface area (Å²) in [6.07, 6.45) is 0. The van der Waals surface area contributed by atoms with Crippen molar-refractivity contribution in [2.24, 2.45) is 0 Å². The molecule has 0 aromatic carbocycles. The Morgan fingerprint density at radius 1 is 1.45 bits per heavy atom. The van der Waals surface area contributed by atoms with E-state index in [1.54, 1.807) is 11.0 Å². The molecule has 1 amide bonds. The molecular formula is C12H14N4O3S. The van der Waals surface area contributed by atoms with Crippen LogP contribution in [0.4, 0.5) is 5.00 Å². The fraction of sp³-hybridized carbons (Fsp3) is 0.500. The molecule has 0 N–H and O–H groups in total. The van der Waals surface area contributed by atoms with Gasteiger partial charge in [-0.15, -0.1) is 0 Å². The standard InChI is InChI=1S/C12H14N4O3S/c1-9(17)14-4-6-15(7-5-14)10(8-13)11-2-3-12(20-11)16(18)19/h2-3,10H,4-7H2,1H3. The highest BCUT2D eigenvalue weighted by Gasteiger charge is 2.27. The van der Waals surface area contributed by atoms with Gasteiger partial charge < -0.3 is 4.90 Å². The van der Waals surface area contributed by atoms with Gasteiger partial charge in [-0.05, 0) is 6.07 Å². The molecule has 8 heteroatoms. The minimum Gasteiger partial charge on any atom is -0.340 e. The molecule has 1 atom stereocenters. The SMILES string of the molecule is CC(=O)N1CCN(C(C#N)c2ccc([N+](=O)[O-])s2)CC1. The smallest absolute Gasteiger partial charge is 0.324 e. The van der Waals surface area contributed by atoms with Gasteiger partial charge in [0.1, 0.15) is 6.04 Å². The molecule has 1 fully saturated rings. The zero-order chi connectivity index (χ0) is 14.7. The number of piperazine rings is 1. The van der Waals surface area contributed by atoms with Gasteiger partial charge in [0.15, 0.2) is 0 Å². The van der Waals surface area contributed by atoms with Crippen LogP contribution in [0.2, 0.25) is 0 Å². The lowest BCUT2D eigenvalue weighted by molar-refractivity contribution is -0.380. The van der Waals surface area contributed by atoms with Crippen molar-refractivity contribution in [2.75, 3.05) is 26.2 Å². The van der Waals surface area contributed by atoms with Crippen LogP contribution in [0.25, 0.3) is 0 Å². The Labute approximate surface area is 120 Å².